The van der Waals surface area contributed by atoms with E-state index in [0.717, 1.165) is 12.8 Å². The zero-order chi connectivity index (χ0) is 13.8. The molecule has 0 saturated carbocycles. The van der Waals surface area contributed by atoms with Crippen LogP contribution in [0.5, 0.6) is 0 Å². The number of piperidine rings is 1. The molecule has 2 atom stereocenters. The van der Waals surface area contributed by atoms with Crippen LogP contribution in [0.15, 0.2) is 24.3 Å². The Morgan fingerprint density at radius 1 is 1.26 bits per heavy atom. The van der Waals surface area contributed by atoms with Crippen LogP contribution < -0.4 is 5.32 Å². The van der Waals surface area contributed by atoms with Crippen molar-refractivity contribution >= 4 is 6.03 Å². The van der Waals surface area contributed by atoms with Gasteiger partial charge in [-0.25, -0.2) is 4.79 Å². The lowest BCUT2D eigenvalue weighted by molar-refractivity contribution is 0.123. The van der Waals surface area contributed by atoms with E-state index in [9.17, 15) is 4.79 Å². The fourth-order valence-corrected chi connectivity index (χ4v) is 2.89. The summed E-state index contributed by atoms with van der Waals surface area (Å²) in [4.78, 5) is 14.3. The first kappa shape index (κ1) is 13.9. The number of likely N-dealkylation sites (tertiary alicyclic amines) is 1. The van der Waals surface area contributed by atoms with Gasteiger partial charge in [-0.15, -0.1) is 0 Å². The van der Waals surface area contributed by atoms with Crippen molar-refractivity contribution in [1.29, 1.82) is 0 Å². The van der Waals surface area contributed by atoms with Gasteiger partial charge in [-0.3, -0.25) is 0 Å². The van der Waals surface area contributed by atoms with Gasteiger partial charge < -0.3 is 10.2 Å². The highest BCUT2D eigenvalue weighted by Gasteiger charge is 2.28. The molecule has 2 amide bonds. The lowest BCUT2D eigenvalue weighted by atomic mass is 9.98. The molecule has 1 aromatic carbocycles. The van der Waals surface area contributed by atoms with Gasteiger partial charge in [-0.2, -0.15) is 0 Å². The van der Waals surface area contributed by atoms with Crippen molar-refractivity contribution in [3.05, 3.63) is 35.4 Å². The maximum absolute atomic E-state index is 12.3. The first-order chi connectivity index (χ1) is 9.09. The number of amides is 2. The zero-order valence-electron chi connectivity index (χ0n) is 12.1. The van der Waals surface area contributed by atoms with E-state index in [1.807, 2.05) is 17.0 Å². The van der Waals surface area contributed by atoms with Crippen molar-refractivity contribution in [2.24, 2.45) is 0 Å². The molecule has 2 unspecified atom stereocenters. The summed E-state index contributed by atoms with van der Waals surface area (Å²) in [5, 5.41) is 3.06. The minimum Gasteiger partial charge on any atom is -0.334 e. The van der Waals surface area contributed by atoms with E-state index in [1.165, 1.54) is 17.5 Å². The molecule has 1 fully saturated rings. The van der Waals surface area contributed by atoms with E-state index in [0.29, 0.717) is 18.6 Å². The maximum Gasteiger partial charge on any atom is 0.318 e. The SMILES string of the molecule is Cc1ccccc1CNC(=O)N1C(C)CCCC1C. The summed E-state index contributed by atoms with van der Waals surface area (Å²) in [6.45, 7) is 6.97. The molecule has 1 saturated heterocycles. The van der Waals surface area contributed by atoms with Crippen LogP contribution in [0.4, 0.5) is 4.79 Å². The first-order valence-electron chi connectivity index (χ1n) is 7.20. The summed E-state index contributed by atoms with van der Waals surface area (Å²) in [5.74, 6) is 0. The van der Waals surface area contributed by atoms with Gasteiger partial charge in [0.25, 0.3) is 0 Å². The molecule has 1 aliphatic heterocycles. The molecule has 0 aromatic heterocycles. The summed E-state index contributed by atoms with van der Waals surface area (Å²) in [6, 6.07) is 8.95. The van der Waals surface area contributed by atoms with Gasteiger partial charge in [0, 0.05) is 18.6 Å². The van der Waals surface area contributed by atoms with Gasteiger partial charge in [-0.05, 0) is 51.2 Å². The summed E-state index contributed by atoms with van der Waals surface area (Å²) < 4.78 is 0. The number of carbonyl (C=O) groups is 1. The second-order valence-corrected chi connectivity index (χ2v) is 5.62. The number of urea groups is 1. The molecule has 1 aliphatic rings. The minimum atomic E-state index is 0.0722. The lowest BCUT2D eigenvalue weighted by Crippen LogP contribution is -2.51. The Bertz CT molecular complexity index is 434. The summed E-state index contributed by atoms with van der Waals surface area (Å²) in [5.41, 5.74) is 2.41. The number of rotatable bonds is 2. The van der Waals surface area contributed by atoms with Gasteiger partial charge in [0.15, 0.2) is 0 Å². The predicted octanol–water partition coefficient (Wildman–Crippen LogP) is 3.47. The number of hydrogen-bond donors (Lipinski definition) is 1. The van der Waals surface area contributed by atoms with Crippen LogP contribution in [0.3, 0.4) is 0 Å². The van der Waals surface area contributed by atoms with E-state index in [1.54, 1.807) is 0 Å². The molecule has 104 valence electrons. The van der Waals surface area contributed by atoms with Crippen molar-refractivity contribution in [2.45, 2.75) is 58.7 Å². The third-order valence-electron chi connectivity index (χ3n) is 4.12. The van der Waals surface area contributed by atoms with Gasteiger partial charge in [0.2, 0.25) is 0 Å². The van der Waals surface area contributed by atoms with Crippen molar-refractivity contribution in [2.75, 3.05) is 0 Å². The average molecular weight is 260 g/mol. The monoisotopic (exact) mass is 260 g/mol. The van der Waals surface area contributed by atoms with E-state index < -0.39 is 0 Å². The number of nitrogens with zero attached hydrogens (tertiary/aromatic N) is 1. The molecule has 1 N–H and O–H groups in total. The van der Waals surface area contributed by atoms with Crippen LogP contribution in [0.2, 0.25) is 0 Å². The van der Waals surface area contributed by atoms with Crippen molar-refractivity contribution < 1.29 is 4.79 Å². The molecule has 3 heteroatoms. The summed E-state index contributed by atoms with van der Waals surface area (Å²) in [7, 11) is 0. The fraction of sp³-hybridized carbons (Fsp3) is 0.562. The van der Waals surface area contributed by atoms with Gasteiger partial charge in [0.1, 0.15) is 0 Å². The molecule has 3 nitrogen and oxygen atoms in total. The summed E-state index contributed by atoms with van der Waals surface area (Å²) >= 11 is 0. The lowest BCUT2D eigenvalue weighted by Gasteiger charge is -2.38. The van der Waals surface area contributed by atoms with E-state index >= 15 is 0 Å². The Labute approximate surface area is 116 Å². The van der Waals surface area contributed by atoms with Crippen molar-refractivity contribution in [3.63, 3.8) is 0 Å². The molecule has 0 aliphatic carbocycles. The Morgan fingerprint density at radius 3 is 2.53 bits per heavy atom. The molecule has 2 rings (SSSR count). The molecule has 0 spiro atoms. The van der Waals surface area contributed by atoms with Gasteiger partial charge in [-0.1, -0.05) is 24.3 Å². The topological polar surface area (TPSA) is 32.3 Å². The highest BCUT2D eigenvalue weighted by atomic mass is 16.2. The number of hydrogen-bond acceptors (Lipinski definition) is 1. The molecule has 1 heterocycles. The van der Waals surface area contributed by atoms with E-state index in [4.69, 9.17) is 0 Å². The normalized spacial score (nSPS) is 23.2. The van der Waals surface area contributed by atoms with Gasteiger partial charge >= 0.3 is 6.03 Å². The number of aryl methyl sites for hydroxylation is 1. The van der Waals surface area contributed by atoms with Crippen LogP contribution >= 0.6 is 0 Å². The second kappa shape index (κ2) is 6.09. The predicted molar refractivity (Wildman–Crippen MR) is 78.0 cm³/mol. The van der Waals surface area contributed by atoms with E-state index in [2.05, 4.69) is 38.2 Å². The molecule has 0 bridgehead atoms. The molecule has 19 heavy (non-hydrogen) atoms. The second-order valence-electron chi connectivity index (χ2n) is 5.62. The Kier molecular flexibility index (Phi) is 4.46. The third-order valence-corrected chi connectivity index (χ3v) is 4.12. The van der Waals surface area contributed by atoms with Crippen LogP contribution in [0.1, 0.15) is 44.2 Å². The first-order valence-corrected chi connectivity index (χ1v) is 7.20. The highest BCUT2D eigenvalue weighted by molar-refractivity contribution is 5.75. The Morgan fingerprint density at radius 2 is 1.89 bits per heavy atom. The molecular weight excluding hydrogens is 236 g/mol. The average Bonchev–Trinajstić information content (AvgIpc) is 2.37. The quantitative estimate of drug-likeness (QED) is 0.867. The maximum atomic E-state index is 12.3. The smallest absolute Gasteiger partial charge is 0.318 e. The van der Waals surface area contributed by atoms with Crippen LogP contribution in [0, 0.1) is 6.92 Å². The van der Waals surface area contributed by atoms with Gasteiger partial charge in [0.05, 0.1) is 0 Å². The van der Waals surface area contributed by atoms with Crippen LogP contribution in [0.25, 0.3) is 0 Å². The Hall–Kier alpha value is -1.51. The van der Waals surface area contributed by atoms with E-state index in [-0.39, 0.29) is 6.03 Å². The summed E-state index contributed by atoms with van der Waals surface area (Å²) in [6.07, 6.45) is 3.45. The number of nitrogens with one attached hydrogen (secondary N) is 1. The van der Waals surface area contributed by atoms with Crippen LogP contribution in [-0.4, -0.2) is 23.0 Å². The zero-order valence-corrected chi connectivity index (χ0v) is 12.1. The third kappa shape index (κ3) is 3.28. The van der Waals surface area contributed by atoms with Crippen molar-refractivity contribution in [1.82, 2.24) is 10.2 Å². The fourth-order valence-electron chi connectivity index (χ4n) is 2.89. The molecule has 1 aromatic rings. The molecular formula is C16H24N2O. The Balaban J connectivity index is 1.95. The standard InChI is InChI=1S/C16H24N2O/c1-12-7-4-5-10-15(12)11-17-16(19)18-13(2)8-6-9-14(18)3/h4-5,7,10,13-14H,6,8-9,11H2,1-3H3,(H,17,19). The molecule has 0 radical (unpaired) electrons. The van der Waals surface area contributed by atoms with Crippen LogP contribution in [-0.2, 0) is 6.54 Å². The number of benzene rings is 1. The number of carbonyl (C=O) groups excluding carboxylic acids is 1. The minimum absolute atomic E-state index is 0.0722. The van der Waals surface area contributed by atoms with Crippen molar-refractivity contribution in [3.8, 4) is 0 Å². The highest BCUT2D eigenvalue weighted by Crippen LogP contribution is 2.22. The largest absolute Gasteiger partial charge is 0.334 e.